The fourth-order valence-electron chi connectivity index (χ4n) is 1.22. The van der Waals surface area contributed by atoms with Crippen LogP contribution in [0.3, 0.4) is 0 Å². The molecule has 0 N–H and O–H groups in total. The first kappa shape index (κ1) is 8.44. The number of halogens is 3. The van der Waals surface area contributed by atoms with Crippen LogP contribution in [0.1, 0.15) is 19.3 Å². The van der Waals surface area contributed by atoms with Crippen molar-refractivity contribution in [2.24, 2.45) is 11.8 Å². The molecule has 1 aliphatic carbocycles. The van der Waals surface area contributed by atoms with Crippen LogP contribution in [-0.2, 0) is 0 Å². The lowest BCUT2D eigenvalue weighted by molar-refractivity contribution is 0.0639. The largest absolute Gasteiger partial charge is 0.241 e. The van der Waals surface area contributed by atoms with Crippen molar-refractivity contribution in [1.82, 2.24) is 0 Å². The average molecular weight is 213 g/mol. The van der Waals surface area contributed by atoms with Gasteiger partial charge in [-0.05, 0) is 25.2 Å². The fraction of sp³-hybridized carbons (Fsp3) is 1.00. The zero-order chi connectivity index (χ0) is 7.56. The molecule has 1 aliphatic rings. The van der Waals surface area contributed by atoms with Crippen molar-refractivity contribution in [3.63, 3.8) is 0 Å². The minimum absolute atomic E-state index is 0.331. The summed E-state index contributed by atoms with van der Waals surface area (Å²) < 4.78 is 24.3. The van der Waals surface area contributed by atoms with E-state index in [2.05, 4.69) is 15.9 Å². The Kier molecular flexibility index (Phi) is 3.08. The van der Waals surface area contributed by atoms with Gasteiger partial charge in [0.1, 0.15) is 0 Å². The Morgan fingerprint density at radius 3 is 2.30 bits per heavy atom. The van der Waals surface area contributed by atoms with Crippen molar-refractivity contribution >= 4 is 15.9 Å². The van der Waals surface area contributed by atoms with Crippen LogP contribution in [0, 0.1) is 11.8 Å². The van der Waals surface area contributed by atoms with Crippen LogP contribution in [0.15, 0.2) is 0 Å². The van der Waals surface area contributed by atoms with E-state index in [1.54, 1.807) is 0 Å². The lowest BCUT2D eigenvalue weighted by atomic mass is 10.0. The Morgan fingerprint density at radius 1 is 1.40 bits per heavy atom. The third kappa shape index (κ3) is 2.19. The van der Waals surface area contributed by atoms with E-state index >= 15 is 0 Å². The minimum atomic E-state index is -2.11. The maximum Gasteiger partial charge on any atom is 0.241 e. The molecule has 1 fully saturated rings. The Bertz CT molecular complexity index is 99.8. The first-order valence-corrected chi connectivity index (χ1v) is 4.72. The van der Waals surface area contributed by atoms with Gasteiger partial charge in [-0.15, -0.1) is 0 Å². The lowest BCUT2D eigenvalue weighted by Crippen LogP contribution is -2.13. The Hall–Kier alpha value is 0.340. The van der Waals surface area contributed by atoms with Gasteiger partial charge in [0.2, 0.25) is 6.43 Å². The molecular weight excluding hydrogens is 202 g/mol. The van der Waals surface area contributed by atoms with E-state index in [1.165, 1.54) is 0 Å². The number of rotatable bonds is 4. The second kappa shape index (κ2) is 3.65. The zero-order valence-corrected chi connectivity index (χ0v) is 7.28. The van der Waals surface area contributed by atoms with E-state index in [1.807, 2.05) is 0 Å². The standard InChI is InChI=1S/C7H11BrF2/c8-4-3-6(7(9)10)5-1-2-5/h5-7H,1-4H2. The smallest absolute Gasteiger partial charge is 0.210 e. The summed E-state index contributed by atoms with van der Waals surface area (Å²) in [6.07, 6.45) is 0.553. The van der Waals surface area contributed by atoms with Crippen LogP contribution in [-0.4, -0.2) is 11.8 Å². The first-order chi connectivity index (χ1) is 4.75. The SMILES string of the molecule is FC(F)C(CCBr)C1CC1. The molecule has 1 atom stereocenters. The van der Waals surface area contributed by atoms with Gasteiger partial charge in [-0.2, -0.15) is 0 Å². The van der Waals surface area contributed by atoms with Crippen molar-refractivity contribution in [3.8, 4) is 0 Å². The molecule has 1 unspecified atom stereocenters. The molecule has 10 heavy (non-hydrogen) atoms. The van der Waals surface area contributed by atoms with Crippen molar-refractivity contribution in [2.75, 3.05) is 5.33 Å². The van der Waals surface area contributed by atoms with E-state index in [0.29, 0.717) is 17.7 Å². The second-order valence-corrected chi connectivity index (χ2v) is 3.61. The highest BCUT2D eigenvalue weighted by Crippen LogP contribution is 2.41. The molecule has 0 aliphatic heterocycles. The van der Waals surface area contributed by atoms with E-state index in [0.717, 1.165) is 12.8 Å². The van der Waals surface area contributed by atoms with Crippen molar-refractivity contribution < 1.29 is 8.78 Å². The van der Waals surface area contributed by atoms with Gasteiger partial charge < -0.3 is 0 Å². The van der Waals surface area contributed by atoms with Crippen LogP contribution < -0.4 is 0 Å². The topological polar surface area (TPSA) is 0 Å². The molecule has 0 radical (unpaired) electrons. The maximum absolute atomic E-state index is 12.2. The molecule has 0 nitrogen and oxygen atoms in total. The molecule has 3 heteroatoms. The summed E-state index contributed by atoms with van der Waals surface area (Å²) in [5.74, 6) is -0.00285. The van der Waals surface area contributed by atoms with Crippen LogP contribution in [0.25, 0.3) is 0 Å². The van der Waals surface area contributed by atoms with Crippen molar-refractivity contribution in [1.29, 1.82) is 0 Å². The zero-order valence-electron chi connectivity index (χ0n) is 5.69. The van der Waals surface area contributed by atoms with E-state index in [4.69, 9.17) is 0 Å². The summed E-state index contributed by atoms with van der Waals surface area (Å²) in [4.78, 5) is 0. The minimum Gasteiger partial charge on any atom is -0.210 e. The molecular formula is C7H11BrF2. The Morgan fingerprint density at radius 2 is 2.00 bits per heavy atom. The summed E-state index contributed by atoms with van der Waals surface area (Å²) in [5, 5.41) is 0.707. The van der Waals surface area contributed by atoms with E-state index in [9.17, 15) is 8.78 Å². The highest BCUT2D eigenvalue weighted by atomic mass is 79.9. The summed E-state index contributed by atoms with van der Waals surface area (Å²) in [7, 11) is 0. The van der Waals surface area contributed by atoms with E-state index < -0.39 is 6.43 Å². The van der Waals surface area contributed by atoms with Gasteiger partial charge >= 0.3 is 0 Å². The highest BCUT2D eigenvalue weighted by molar-refractivity contribution is 9.09. The second-order valence-electron chi connectivity index (χ2n) is 2.81. The molecule has 0 heterocycles. The first-order valence-electron chi connectivity index (χ1n) is 3.60. The third-order valence-corrected chi connectivity index (χ3v) is 2.45. The quantitative estimate of drug-likeness (QED) is 0.629. The molecule has 60 valence electrons. The van der Waals surface area contributed by atoms with Crippen LogP contribution in [0.5, 0.6) is 0 Å². The number of hydrogen-bond donors (Lipinski definition) is 0. The lowest BCUT2D eigenvalue weighted by Gasteiger charge is -2.12. The number of hydrogen-bond acceptors (Lipinski definition) is 0. The van der Waals surface area contributed by atoms with Gasteiger partial charge in [0.15, 0.2) is 0 Å². The molecule has 0 aromatic heterocycles. The number of alkyl halides is 3. The van der Waals surface area contributed by atoms with Crippen molar-refractivity contribution in [2.45, 2.75) is 25.7 Å². The molecule has 0 spiro atoms. The Labute approximate surface area is 68.1 Å². The summed E-state index contributed by atoms with van der Waals surface area (Å²) in [6.45, 7) is 0. The molecule has 0 aromatic rings. The van der Waals surface area contributed by atoms with Crippen LogP contribution in [0.2, 0.25) is 0 Å². The molecule has 0 saturated heterocycles. The monoisotopic (exact) mass is 212 g/mol. The molecule has 0 amide bonds. The fourth-order valence-corrected chi connectivity index (χ4v) is 1.75. The summed E-state index contributed by atoms with van der Waals surface area (Å²) in [5.41, 5.74) is 0. The van der Waals surface area contributed by atoms with Crippen molar-refractivity contribution in [3.05, 3.63) is 0 Å². The molecule has 0 aromatic carbocycles. The van der Waals surface area contributed by atoms with Gasteiger partial charge in [-0.1, -0.05) is 15.9 Å². The van der Waals surface area contributed by atoms with Crippen LogP contribution >= 0.6 is 15.9 Å². The Balaban J connectivity index is 2.26. The predicted molar refractivity (Wildman–Crippen MR) is 40.6 cm³/mol. The predicted octanol–water partition coefficient (Wildman–Crippen LogP) is 3.06. The normalized spacial score (nSPS) is 21.6. The maximum atomic E-state index is 12.2. The molecule has 1 rings (SSSR count). The van der Waals surface area contributed by atoms with E-state index in [-0.39, 0.29) is 5.92 Å². The van der Waals surface area contributed by atoms with Gasteiger partial charge in [0, 0.05) is 11.2 Å². The van der Waals surface area contributed by atoms with Gasteiger partial charge in [0.05, 0.1) is 0 Å². The summed E-state index contributed by atoms with van der Waals surface area (Å²) >= 11 is 3.18. The highest BCUT2D eigenvalue weighted by Gasteiger charge is 2.36. The summed E-state index contributed by atoms with van der Waals surface area (Å²) in [6, 6.07) is 0. The third-order valence-electron chi connectivity index (χ3n) is 1.99. The van der Waals surface area contributed by atoms with Gasteiger partial charge in [-0.3, -0.25) is 0 Å². The molecule has 0 bridgehead atoms. The average Bonchev–Trinajstić information content (AvgIpc) is 2.63. The van der Waals surface area contributed by atoms with Gasteiger partial charge in [-0.25, -0.2) is 8.78 Å². The van der Waals surface area contributed by atoms with Crippen LogP contribution in [0.4, 0.5) is 8.78 Å². The molecule has 1 saturated carbocycles. The van der Waals surface area contributed by atoms with Gasteiger partial charge in [0.25, 0.3) is 0 Å².